The van der Waals surface area contributed by atoms with Gasteiger partial charge in [-0.3, -0.25) is 9.89 Å². The Morgan fingerprint density at radius 3 is 2.70 bits per heavy atom. The van der Waals surface area contributed by atoms with Gasteiger partial charge < -0.3 is 25.3 Å². The van der Waals surface area contributed by atoms with E-state index in [1.165, 1.54) is 12.1 Å². The summed E-state index contributed by atoms with van der Waals surface area (Å²) in [7, 11) is 0. The van der Waals surface area contributed by atoms with Gasteiger partial charge in [0.1, 0.15) is 11.6 Å². The van der Waals surface area contributed by atoms with Gasteiger partial charge in [-0.1, -0.05) is 24.6 Å². The number of nitrogens with zero attached hydrogens (tertiary/aromatic N) is 6. The summed E-state index contributed by atoms with van der Waals surface area (Å²) >= 11 is 5.88. The molecule has 5 rings (SSSR count). The second kappa shape index (κ2) is 10.9. The van der Waals surface area contributed by atoms with Gasteiger partial charge >= 0.3 is 0 Å². The third-order valence-corrected chi connectivity index (χ3v) is 7.10. The molecular formula is C25H31ClFN9O. The minimum atomic E-state index is -0.686. The summed E-state index contributed by atoms with van der Waals surface area (Å²) in [4.78, 5) is 28.7. The average Bonchev–Trinajstić information content (AvgIpc) is 3.54. The maximum absolute atomic E-state index is 14.4. The highest BCUT2D eigenvalue weighted by molar-refractivity contribution is 6.31. The van der Waals surface area contributed by atoms with Gasteiger partial charge in [0.25, 0.3) is 5.91 Å². The van der Waals surface area contributed by atoms with Gasteiger partial charge in [0.15, 0.2) is 11.6 Å². The van der Waals surface area contributed by atoms with Crippen molar-refractivity contribution in [2.75, 3.05) is 61.3 Å². The van der Waals surface area contributed by atoms with Crippen LogP contribution in [0.4, 0.5) is 27.8 Å². The number of carbonyl (C=O) groups excluding carboxylic acids is 1. The number of rotatable bonds is 7. The van der Waals surface area contributed by atoms with E-state index in [9.17, 15) is 9.18 Å². The predicted molar refractivity (Wildman–Crippen MR) is 142 cm³/mol. The van der Waals surface area contributed by atoms with Gasteiger partial charge in [-0.05, 0) is 32.0 Å². The molecule has 10 nitrogen and oxygen atoms in total. The van der Waals surface area contributed by atoms with E-state index in [-0.39, 0.29) is 22.5 Å². The number of hydrogen-bond acceptors (Lipinski definition) is 8. The number of likely N-dealkylation sites (N-methyl/N-ethyl adjacent to an activating group) is 1. The number of halogens is 2. The van der Waals surface area contributed by atoms with E-state index in [1.54, 1.807) is 11.0 Å². The van der Waals surface area contributed by atoms with Crippen LogP contribution in [0, 0.1) is 12.7 Å². The van der Waals surface area contributed by atoms with Gasteiger partial charge in [0.2, 0.25) is 5.95 Å². The van der Waals surface area contributed by atoms with Gasteiger partial charge in [-0.25, -0.2) is 4.39 Å². The molecule has 196 valence electrons. The first kappa shape index (κ1) is 25.2. The molecule has 3 aromatic rings. The van der Waals surface area contributed by atoms with Crippen molar-refractivity contribution in [2.24, 2.45) is 0 Å². The van der Waals surface area contributed by atoms with Gasteiger partial charge in [0, 0.05) is 63.1 Å². The zero-order valence-electron chi connectivity index (χ0n) is 21.0. The quantitative estimate of drug-likeness (QED) is 0.429. The maximum atomic E-state index is 14.4. The summed E-state index contributed by atoms with van der Waals surface area (Å²) < 4.78 is 14.4. The molecule has 2 aliphatic heterocycles. The molecule has 4 heterocycles. The highest BCUT2D eigenvalue weighted by Crippen LogP contribution is 2.25. The Bertz CT molecular complexity index is 1260. The van der Waals surface area contributed by atoms with Crippen molar-refractivity contribution < 1.29 is 9.18 Å². The van der Waals surface area contributed by atoms with Crippen molar-refractivity contribution in [3.05, 3.63) is 52.4 Å². The van der Waals surface area contributed by atoms with Crippen molar-refractivity contribution in [2.45, 2.75) is 26.3 Å². The lowest BCUT2D eigenvalue weighted by Crippen LogP contribution is -2.46. The highest BCUT2D eigenvalue weighted by Gasteiger charge is 2.29. The average molecular weight is 528 g/mol. The summed E-state index contributed by atoms with van der Waals surface area (Å²) in [5, 5.41) is 13.8. The Kier molecular flexibility index (Phi) is 7.43. The van der Waals surface area contributed by atoms with Crippen LogP contribution in [0.15, 0.2) is 30.3 Å². The Balaban J connectivity index is 1.32. The van der Waals surface area contributed by atoms with Crippen LogP contribution in [-0.4, -0.2) is 87.7 Å². The number of piperazine rings is 1. The summed E-state index contributed by atoms with van der Waals surface area (Å²) in [6.07, 6.45) is 0.692. The predicted octanol–water partition coefficient (Wildman–Crippen LogP) is 3.51. The Labute approximate surface area is 220 Å². The van der Waals surface area contributed by atoms with Crippen molar-refractivity contribution in [3.8, 4) is 0 Å². The van der Waals surface area contributed by atoms with Gasteiger partial charge in [-0.2, -0.15) is 15.1 Å². The third-order valence-electron chi connectivity index (χ3n) is 6.81. The molecule has 0 bridgehead atoms. The number of anilines is 4. The smallest absolute Gasteiger partial charge is 0.256 e. The molecule has 37 heavy (non-hydrogen) atoms. The first-order chi connectivity index (χ1) is 17.9. The number of aryl methyl sites for hydroxylation is 1. The third kappa shape index (κ3) is 5.78. The fourth-order valence-corrected chi connectivity index (χ4v) is 4.89. The van der Waals surface area contributed by atoms with Crippen molar-refractivity contribution >= 4 is 40.9 Å². The van der Waals surface area contributed by atoms with Crippen LogP contribution >= 0.6 is 11.6 Å². The lowest BCUT2D eigenvalue weighted by molar-refractivity contribution is 0.0787. The van der Waals surface area contributed by atoms with Crippen LogP contribution in [0.2, 0.25) is 5.02 Å². The topological polar surface area (TPSA) is 105 Å². The van der Waals surface area contributed by atoms with Crippen molar-refractivity contribution in [1.82, 2.24) is 30.0 Å². The Morgan fingerprint density at radius 2 is 1.97 bits per heavy atom. The molecule has 12 heteroatoms. The standard InChI is InChI=1S/C25H31ClFN9O/c1-3-34-9-11-35(12-10-34)22-14-20(29-21-13-16(2)32-33-21)30-25(31-22)28-17-7-8-36(15-17)24(37)18-5-4-6-19(26)23(18)27/h4-6,13-14,17H,3,7-12,15H2,1-2H3,(H3,28,29,30,31,32,33)/t17-/m1/s1. The Hall–Kier alpha value is -3.44. The zero-order valence-corrected chi connectivity index (χ0v) is 21.7. The number of aromatic amines is 1. The number of carbonyl (C=O) groups is 1. The van der Waals surface area contributed by atoms with Gasteiger partial charge in [-0.15, -0.1) is 0 Å². The largest absolute Gasteiger partial charge is 0.354 e. The van der Waals surface area contributed by atoms with E-state index >= 15 is 0 Å². The summed E-state index contributed by atoms with van der Waals surface area (Å²) in [6, 6.07) is 8.25. The number of amides is 1. The monoisotopic (exact) mass is 527 g/mol. The molecule has 2 aromatic heterocycles. The van der Waals surface area contributed by atoms with E-state index in [0.717, 1.165) is 44.2 Å². The van der Waals surface area contributed by atoms with E-state index in [0.29, 0.717) is 37.1 Å². The SMILES string of the molecule is CCN1CCN(c2cc(Nc3cc(C)[nH]n3)nc(N[C@@H]3CCN(C(=O)c4cccc(Cl)c4F)C3)n2)CC1. The fraction of sp³-hybridized carbons (Fsp3) is 0.440. The maximum Gasteiger partial charge on any atom is 0.256 e. The molecule has 0 aliphatic carbocycles. The molecule has 0 spiro atoms. The zero-order chi connectivity index (χ0) is 25.9. The summed E-state index contributed by atoms with van der Waals surface area (Å²) in [5.41, 5.74) is 0.927. The van der Waals surface area contributed by atoms with E-state index in [2.05, 4.69) is 42.5 Å². The molecule has 0 radical (unpaired) electrons. The molecule has 0 saturated carbocycles. The lowest BCUT2D eigenvalue weighted by atomic mass is 10.2. The van der Waals surface area contributed by atoms with E-state index in [4.69, 9.17) is 16.6 Å². The molecule has 2 saturated heterocycles. The van der Waals surface area contributed by atoms with Gasteiger partial charge in [0.05, 0.1) is 10.6 Å². The van der Waals surface area contributed by atoms with Crippen LogP contribution in [0.1, 0.15) is 29.4 Å². The van der Waals surface area contributed by atoms with E-state index in [1.807, 2.05) is 19.1 Å². The second-order valence-electron chi connectivity index (χ2n) is 9.40. The number of likely N-dealkylation sites (tertiary alicyclic amines) is 1. The van der Waals surface area contributed by atoms with Crippen LogP contribution in [-0.2, 0) is 0 Å². The molecule has 3 N–H and O–H groups in total. The molecule has 2 fully saturated rings. The number of H-pyrrole nitrogens is 1. The molecular weight excluding hydrogens is 497 g/mol. The van der Waals surface area contributed by atoms with Crippen LogP contribution < -0.4 is 15.5 Å². The fourth-order valence-electron chi connectivity index (χ4n) is 4.72. The number of benzene rings is 1. The highest BCUT2D eigenvalue weighted by atomic mass is 35.5. The minimum Gasteiger partial charge on any atom is -0.354 e. The minimum absolute atomic E-state index is 0.0154. The number of aromatic nitrogens is 4. The molecule has 1 aromatic carbocycles. The second-order valence-corrected chi connectivity index (χ2v) is 9.81. The van der Waals surface area contributed by atoms with Crippen LogP contribution in [0.25, 0.3) is 0 Å². The molecule has 0 unspecified atom stereocenters. The lowest BCUT2D eigenvalue weighted by Gasteiger charge is -2.35. The first-order valence-electron chi connectivity index (χ1n) is 12.5. The molecule has 1 atom stereocenters. The molecule has 1 amide bonds. The van der Waals surface area contributed by atoms with E-state index < -0.39 is 5.82 Å². The summed E-state index contributed by atoms with van der Waals surface area (Å²) in [6.45, 7) is 9.76. The van der Waals surface area contributed by atoms with Crippen molar-refractivity contribution in [3.63, 3.8) is 0 Å². The van der Waals surface area contributed by atoms with Crippen LogP contribution in [0.5, 0.6) is 0 Å². The number of hydrogen-bond donors (Lipinski definition) is 3. The van der Waals surface area contributed by atoms with Crippen LogP contribution in [0.3, 0.4) is 0 Å². The normalized spacial score (nSPS) is 18.3. The Morgan fingerprint density at radius 1 is 1.16 bits per heavy atom. The molecule has 2 aliphatic rings. The first-order valence-corrected chi connectivity index (χ1v) is 12.9. The summed E-state index contributed by atoms with van der Waals surface area (Å²) in [5.74, 6) is 1.54. The number of nitrogens with one attached hydrogen (secondary N) is 3. The van der Waals surface area contributed by atoms with Crippen molar-refractivity contribution in [1.29, 1.82) is 0 Å².